The molecule has 0 saturated heterocycles. The lowest BCUT2D eigenvalue weighted by molar-refractivity contribution is -0.137. The van der Waals surface area contributed by atoms with Crippen LogP contribution in [0.1, 0.15) is 48.2 Å². The van der Waals surface area contributed by atoms with E-state index in [0.717, 1.165) is 18.4 Å². The molecule has 0 heterocycles. The quantitative estimate of drug-likeness (QED) is 0.659. The van der Waals surface area contributed by atoms with E-state index in [9.17, 15) is 14.0 Å². The third-order valence-electron chi connectivity index (χ3n) is 5.07. The van der Waals surface area contributed by atoms with Gasteiger partial charge in [0.1, 0.15) is 11.9 Å². The summed E-state index contributed by atoms with van der Waals surface area (Å²) in [6, 6.07) is 10.9. The van der Waals surface area contributed by atoms with Gasteiger partial charge < -0.3 is 15.2 Å². The number of carbonyl (C=O) groups is 2. The summed E-state index contributed by atoms with van der Waals surface area (Å²) in [5.74, 6) is -1.79. The zero-order valence-corrected chi connectivity index (χ0v) is 17.0. The second-order valence-electron chi connectivity index (χ2n) is 7.68. The Balaban J connectivity index is 1.67. The van der Waals surface area contributed by atoms with Gasteiger partial charge in [-0.25, -0.2) is 9.18 Å². The van der Waals surface area contributed by atoms with Crippen LogP contribution < -0.4 is 5.32 Å². The van der Waals surface area contributed by atoms with Gasteiger partial charge in [0.25, 0.3) is 0 Å². The summed E-state index contributed by atoms with van der Waals surface area (Å²) >= 11 is 5.80. The molecule has 2 aromatic rings. The number of rotatable bonds is 8. The summed E-state index contributed by atoms with van der Waals surface area (Å²) in [7, 11) is 0. The first-order valence-electron chi connectivity index (χ1n) is 9.43. The number of hydrogen-bond donors (Lipinski definition) is 2. The molecule has 2 N–H and O–H groups in total. The molecule has 7 heteroatoms. The highest BCUT2D eigenvalue weighted by Crippen LogP contribution is 2.45. The Morgan fingerprint density at radius 3 is 2.38 bits per heavy atom. The van der Waals surface area contributed by atoms with Crippen molar-refractivity contribution in [2.45, 2.75) is 44.9 Å². The number of benzene rings is 2. The number of carboxylic acid groups (broad SMARTS) is 1. The molecule has 1 unspecified atom stereocenters. The van der Waals surface area contributed by atoms with Crippen LogP contribution in [0.15, 0.2) is 42.5 Å². The number of hydrogen-bond acceptors (Lipinski definition) is 3. The molecule has 1 atom stereocenters. The normalized spacial score (nSPS) is 15.8. The highest BCUT2D eigenvalue weighted by Gasteiger charge is 2.46. The van der Waals surface area contributed by atoms with E-state index in [2.05, 4.69) is 5.32 Å². The lowest BCUT2D eigenvalue weighted by Gasteiger charge is -2.25. The summed E-state index contributed by atoms with van der Waals surface area (Å²) in [5.41, 5.74) is 1.28. The molecule has 0 aliphatic heterocycles. The van der Waals surface area contributed by atoms with Crippen molar-refractivity contribution in [1.82, 2.24) is 5.32 Å². The third-order valence-corrected chi connectivity index (χ3v) is 5.36. The molecule has 1 aliphatic rings. The molecule has 3 rings (SSSR count). The molecule has 1 amide bonds. The first-order valence-corrected chi connectivity index (χ1v) is 9.81. The van der Waals surface area contributed by atoms with E-state index in [4.69, 9.17) is 21.4 Å². The predicted octanol–water partition coefficient (Wildman–Crippen LogP) is 4.52. The smallest absolute Gasteiger partial charge is 0.335 e. The molecule has 29 heavy (non-hydrogen) atoms. The molecule has 0 radical (unpaired) electrons. The molecular weight excluding hydrogens is 397 g/mol. The van der Waals surface area contributed by atoms with E-state index >= 15 is 0 Å². The number of aromatic carboxylic acids is 1. The zero-order valence-electron chi connectivity index (χ0n) is 16.2. The maximum Gasteiger partial charge on any atom is 0.335 e. The van der Waals surface area contributed by atoms with Crippen molar-refractivity contribution in [3.05, 3.63) is 70.0 Å². The first kappa shape index (κ1) is 21.3. The van der Waals surface area contributed by atoms with Crippen LogP contribution in [0.5, 0.6) is 0 Å². The minimum atomic E-state index is -0.986. The fraction of sp³-hybridized carbons (Fsp3) is 0.364. The maximum atomic E-state index is 13.3. The van der Waals surface area contributed by atoms with Gasteiger partial charge in [-0.3, -0.25) is 4.79 Å². The highest BCUT2D eigenvalue weighted by atomic mass is 35.5. The zero-order chi connectivity index (χ0) is 21.2. The van der Waals surface area contributed by atoms with Crippen molar-refractivity contribution >= 4 is 23.5 Å². The van der Waals surface area contributed by atoms with E-state index in [1.54, 1.807) is 30.3 Å². The Labute approximate surface area is 173 Å². The lowest BCUT2D eigenvalue weighted by Crippen LogP contribution is -2.44. The van der Waals surface area contributed by atoms with Gasteiger partial charge in [0, 0.05) is 0 Å². The number of carboxylic acids is 1. The largest absolute Gasteiger partial charge is 0.478 e. The van der Waals surface area contributed by atoms with Crippen LogP contribution in [0, 0.1) is 11.7 Å². The van der Waals surface area contributed by atoms with Crippen LogP contribution in [0.2, 0.25) is 5.02 Å². The van der Waals surface area contributed by atoms with Crippen LogP contribution in [-0.4, -0.2) is 23.1 Å². The summed E-state index contributed by atoms with van der Waals surface area (Å²) in [4.78, 5) is 23.9. The fourth-order valence-electron chi connectivity index (χ4n) is 3.24. The Morgan fingerprint density at radius 2 is 1.86 bits per heavy atom. The summed E-state index contributed by atoms with van der Waals surface area (Å²) in [6.45, 7) is 3.92. The van der Waals surface area contributed by atoms with E-state index < -0.39 is 23.4 Å². The Morgan fingerprint density at radius 1 is 1.21 bits per heavy atom. The van der Waals surface area contributed by atoms with Gasteiger partial charge in [0.2, 0.25) is 5.91 Å². The van der Waals surface area contributed by atoms with E-state index in [1.807, 2.05) is 13.8 Å². The summed E-state index contributed by atoms with van der Waals surface area (Å²) in [5, 5.41) is 12.1. The fourth-order valence-corrected chi connectivity index (χ4v) is 3.44. The third kappa shape index (κ3) is 4.95. The minimum absolute atomic E-state index is 0.0124. The van der Waals surface area contributed by atoms with Crippen LogP contribution in [0.4, 0.5) is 4.39 Å². The van der Waals surface area contributed by atoms with E-state index in [-0.39, 0.29) is 29.0 Å². The SMILES string of the molecule is CC(C)C(OCc1ccc(F)c(Cl)c1)C(=O)NC1(c2ccc(C(=O)O)cc2)CC1. The van der Waals surface area contributed by atoms with Gasteiger partial charge in [-0.05, 0) is 54.2 Å². The van der Waals surface area contributed by atoms with Gasteiger partial charge in [0.05, 0.1) is 22.7 Å². The summed E-state index contributed by atoms with van der Waals surface area (Å²) in [6.07, 6.45) is 0.877. The van der Waals surface area contributed by atoms with Crippen LogP contribution in [-0.2, 0) is 21.7 Å². The molecule has 1 fully saturated rings. The molecule has 2 aromatic carbocycles. The number of halogens is 2. The Bertz CT molecular complexity index is 910. The van der Waals surface area contributed by atoms with Crippen molar-refractivity contribution in [2.24, 2.45) is 5.92 Å². The van der Waals surface area contributed by atoms with Gasteiger partial charge >= 0.3 is 5.97 Å². The average molecular weight is 420 g/mol. The van der Waals surface area contributed by atoms with Crippen molar-refractivity contribution in [1.29, 1.82) is 0 Å². The van der Waals surface area contributed by atoms with Gasteiger partial charge in [-0.2, -0.15) is 0 Å². The standard InChI is InChI=1S/C22H23ClFNO4/c1-13(2)19(29-12-14-3-8-18(24)17(23)11-14)20(26)25-22(9-10-22)16-6-4-15(5-7-16)21(27)28/h3-8,11,13,19H,9-10,12H2,1-2H3,(H,25,26)(H,27,28). The number of amides is 1. The van der Waals surface area contributed by atoms with Crippen molar-refractivity contribution < 1.29 is 23.8 Å². The highest BCUT2D eigenvalue weighted by molar-refractivity contribution is 6.30. The van der Waals surface area contributed by atoms with Gasteiger partial charge in [0.15, 0.2) is 0 Å². The van der Waals surface area contributed by atoms with E-state index in [1.165, 1.54) is 12.1 Å². The Hall–Kier alpha value is -2.44. The molecule has 0 aromatic heterocycles. The van der Waals surface area contributed by atoms with Gasteiger partial charge in [-0.1, -0.05) is 43.6 Å². The molecule has 154 valence electrons. The molecule has 5 nitrogen and oxygen atoms in total. The number of nitrogens with one attached hydrogen (secondary N) is 1. The summed E-state index contributed by atoms with van der Waals surface area (Å²) < 4.78 is 19.1. The van der Waals surface area contributed by atoms with E-state index in [0.29, 0.717) is 5.56 Å². The molecule has 1 saturated carbocycles. The first-order chi connectivity index (χ1) is 13.7. The van der Waals surface area contributed by atoms with Crippen molar-refractivity contribution in [3.63, 3.8) is 0 Å². The number of ether oxygens (including phenoxy) is 1. The molecular formula is C22H23ClFNO4. The second kappa shape index (κ2) is 8.51. The van der Waals surface area contributed by atoms with Crippen LogP contribution >= 0.6 is 11.6 Å². The average Bonchev–Trinajstić information content (AvgIpc) is 3.45. The maximum absolute atomic E-state index is 13.3. The van der Waals surface area contributed by atoms with Crippen molar-refractivity contribution in [2.75, 3.05) is 0 Å². The predicted molar refractivity (Wildman–Crippen MR) is 107 cm³/mol. The molecule has 0 bridgehead atoms. The van der Waals surface area contributed by atoms with Crippen LogP contribution in [0.25, 0.3) is 0 Å². The molecule has 0 spiro atoms. The second-order valence-corrected chi connectivity index (χ2v) is 8.09. The topological polar surface area (TPSA) is 75.6 Å². The Kier molecular flexibility index (Phi) is 6.24. The van der Waals surface area contributed by atoms with Gasteiger partial charge in [-0.15, -0.1) is 0 Å². The monoisotopic (exact) mass is 419 g/mol. The van der Waals surface area contributed by atoms with Crippen LogP contribution in [0.3, 0.4) is 0 Å². The lowest BCUT2D eigenvalue weighted by atomic mass is 10.0. The minimum Gasteiger partial charge on any atom is -0.478 e. The number of carbonyl (C=O) groups excluding carboxylic acids is 1. The van der Waals surface area contributed by atoms with Crippen molar-refractivity contribution in [3.8, 4) is 0 Å². The molecule has 1 aliphatic carbocycles.